The molecular formula is C48H52N10O2. The number of amides is 2. The van der Waals surface area contributed by atoms with Crippen molar-refractivity contribution in [2.24, 2.45) is 11.8 Å². The van der Waals surface area contributed by atoms with E-state index in [2.05, 4.69) is 113 Å². The first-order valence-corrected chi connectivity index (χ1v) is 21.3. The average Bonchev–Trinajstić information content (AvgIpc) is 4.11. The molecule has 0 bridgehead atoms. The Morgan fingerprint density at radius 3 is 1.78 bits per heavy atom. The Kier molecular flexibility index (Phi) is 10.8. The highest BCUT2D eigenvalue weighted by atomic mass is 16.2. The van der Waals surface area contributed by atoms with Crippen molar-refractivity contribution in [2.75, 3.05) is 23.7 Å². The third kappa shape index (κ3) is 7.81. The molecule has 4 aromatic heterocycles. The summed E-state index contributed by atoms with van der Waals surface area (Å²) >= 11 is 0. The molecule has 0 radical (unpaired) electrons. The summed E-state index contributed by atoms with van der Waals surface area (Å²) in [7, 11) is 0. The summed E-state index contributed by atoms with van der Waals surface area (Å²) in [6.07, 6.45) is 9.00. The highest BCUT2D eigenvalue weighted by molar-refractivity contribution is 5.92. The molecule has 60 heavy (non-hydrogen) atoms. The number of aromatic amines is 2. The van der Waals surface area contributed by atoms with E-state index >= 15 is 0 Å². The van der Waals surface area contributed by atoms with Crippen molar-refractivity contribution in [3.8, 4) is 22.4 Å². The van der Waals surface area contributed by atoms with Gasteiger partial charge in [0.15, 0.2) is 0 Å². The molecule has 12 nitrogen and oxygen atoms in total. The van der Waals surface area contributed by atoms with Crippen molar-refractivity contribution in [1.29, 1.82) is 0 Å². The van der Waals surface area contributed by atoms with E-state index in [4.69, 9.17) is 9.97 Å². The number of anilines is 2. The second-order valence-electron chi connectivity index (χ2n) is 16.8. The molecule has 4 atom stereocenters. The fourth-order valence-electron chi connectivity index (χ4n) is 8.83. The number of carbonyl (C=O) groups excluding carboxylic acids is 2. The Balaban J connectivity index is 0.901. The fraction of sp³-hybridized carbons (Fsp3) is 0.333. The zero-order valence-corrected chi connectivity index (χ0v) is 34.6. The first-order chi connectivity index (χ1) is 29.2. The number of H-pyrrole nitrogens is 2. The maximum atomic E-state index is 14.0. The standard InChI is InChI=1S/C48H52N10O2/c1-29(2)43(55-41-13-5-7-21-49-41)47(59)57-23-9-11-39(57)45-51-28-38(54-45)35-18-17-31-25-32(15-16-33(31)26-35)34-19-20-36-37(27-34)53-46(52-36)40-12-10-24-58(40)48(60)44(30(3)4)56-42-14-6-8-22-50-42/h5-8,13-22,25-30,39-40,43-44H,9-12,23-24H2,1-4H3,(H,49,55)(H,50,56)(H,51,54)(H,52,53)/t39-,40-,43-,44-/m0/s1. The zero-order chi connectivity index (χ0) is 41.3. The van der Waals surface area contributed by atoms with Gasteiger partial charge in [0.2, 0.25) is 11.8 Å². The van der Waals surface area contributed by atoms with Gasteiger partial charge in [-0.25, -0.2) is 19.9 Å². The fourth-order valence-corrected chi connectivity index (χ4v) is 8.83. The summed E-state index contributed by atoms with van der Waals surface area (Å²) in [5.74, 6) is 3.35. The summed E-state index contributed by atoms with van der Waals surface area (Å²) in [6, 6.07) is 29.7. The minimum absolute atomic E-state index is 0.0716. The normalized spacial score (nSPS) is 17.8. The summed E-state index contributed by atoms with van der Waals surface area (Å²) in [4.78, 5) is 57.8. The van der Waals surface area contributed by atoms with Crippen LogP contribution >= 0.6 is 0 Å². The van der Waals surface area contributed by atoms with Gasteiger partial charge in [-0.05, 0) is 108 Å². The molecule has 0 aliphatic carbocycles. The highest BCUT2D eigenvalue weighted by Gasteiger charge is 2.38. The van der Waals surface area contributed by atoms with E-state index in [-0.39, 0.29) is 47.8 Å². The van der Waals surface area contributed by atoms with Gasteiger partial charge < -0.3 is 30.4 Å². The molecule has 2 fully saturated rings. The second kappa shape index (κ2) is 16.6. The van der Waals surface area contributed by atoms with E-state index in [0.717, 1.165) is 81.5 Å². The molecule has 3 aromatic carbocycles. The van der Waals surface area contributed by atoms with Crippen LogP contribution in [0.4, 0.5) is 11.6 Å². The van der Waals surface area contributed by atoms with Crippen LogP contribution in [0.3, 0.4) is 0 Å². The predicted molar refractivity (Wildman–Crippen MR) is 237 cm³/mol. The molecule has 2 aliphatic heterocycles. The van der Waals surface area contributed by atoms with Crippen LogP contribution in [0, 0.1) is 11.8 Å². The second-order valence-corrected chi connectivity index (χ2v) is 16.8. The van der Waals surface area contributed by atoms with Crippen LogP contribution in [0.2, 0.25) is 0 Å². The number of carbonyl (C=O) groups is 2. The first kappa shape index (κ1) is 38.9. The Bertz CT molecular complexity index is 2620. The van der Waals surface area contributed by atoms with Crippen molar-refractivity contribution in [1.82, 2.24) is 39.7 Å². The van der Waals surface area contributed by atoms with Crippen molar-refractivity contribution >= 4 is 45.3 Å². The first-order valence-electron chi connectivity index (χ1n) is 21.3. The van der Waals surface area contributed by atoms with Gasteiger partial charge in [-0.3, -0.25) is 9.59 Å². The topological polar surface area (TPSA) is 148 Å². The van der Waals surface area contributed by atoms with Gasteiger partial charge in [0.05, 0.1) is 28.8 Å². The van der Waals surface area contributed by atoms with Crippen molar-refractivity contribution in [3.63, 3.8) is 0 Å². The lowest BCUT2D eigenvalue weighted by Gasteiger charge is -2.30. The number of hydrogen-bond donors (Lipinski definition) is 4. The van der Waals surface area contributed by atoms with Crippen LogP contribution in [-0.4, -0.2) is 76.7 Å². The van der Waals surface area contributed by atoms with Gasteiger partial charge in [0.25, 0.3) is 0 Å². The number of rotatable bonds is 12. The number of hydrogen-bond acceptors (Lipinski definition) is 8. The molecule has 0 saturated carbocycles. The molecule has 0 spiro atoms. The Morgan fingerprint density at radius 2 is 1.20 bits per heavy atom. The molecular weight excluding hydrogens is 749 g/mol. The van der Waals surface area contributed by atoms with E-state index in [1.54, 1.807) is 12.4 Å². The van der Waals surface area contributed by atoms with Crippen molar-refractivity contribution in [2.45, 2.75) is 77.5 Å². The lowest BCUT2D eigenvalue weighted by atomic mass is 9.99. The molecule has 12 heteroatoms. The number of benzene rings is 3. The molecule has 0 unspecified atom stereocenters. The molecule has 7 aromatic rings. The van der Waals surface area contributed by atoms with Crippen LogP contribution in [0.15, 0.2) is 110 Å². The maximum absolute atomic E-state index is 14.0. The van der Waals surface area contributed by atoms with Gasteiger partial charge in [-0.2, -0.15) is 0 Å². The van der Waals surface area contributed by atoms with Gasteiger partial charge >= 0.3 is 0 Å². The number of nitrogens with one attached hydrogen (secondary N) is 4. The quantitative estimate of drug-likeness (QED) is 0.0957. The number of nitrogens with zero attached hydrogens (tertiary/aromatic N) is 6. The van der Waals surface area contributed by atoms with Crippen LogP contribution in [0.5, 0.6) is 0 Å². The molecule has 2 aliphatic rings. The Labute approximate surface area is 350 Å². The van der Waals surface area contributed by atoms with E-state index in [9.17, 15) is 9.59 Å². The smallest absolute Gasteiger partial charge is 0.245 e. The number of imidazole rings is 2. The van der Waals surface area contributed by atoms with Gasteiger partial charge in [0.1, 0.15) is 35.4 Å². The third-order valence-corrected chi connectivity index (χ3v) is 12.1. The summed E-state index contributed by atoms with van der Waals surface area (Å²) in [6.45, 7) is 9.65. The van der Waals surface area contributed by atoms with E-state index in [0.29, 0.717) is 24.7 Å². The number of likely N-dealkylation sites (tertiary alicyclic amines) is 2. The minimum atomic E-state index is -0.387. The third-order valence-electron chi connectivity index (χ3n) is 12.1. The van der Waals surface area contributed by atoms with Crippen molar-refractivity contribution in [3.05, 3.63) is 121 Å². The molecule has 4 N–H and O–H groups in total. The van der Waals surface area contributed by atoms with Crippen LogP contribution in [-0.2, 0) is 9.59 Å². The molecule has 306 valence electrons. The zero-order valence-electron chi connectivity index (χ0n) is 34.6. The average molecular weight is 801 g/mol. The number of pyridine rings is 2. The van der Waals surface area contributed by atoms with Crippen molar-refractivity contribution < 1.29 is 9.59 Å². The van der Waals surface area contributed by atoms with Gasteiger partial charge in [-0.1, -0.05) is 70.2 Å². The van der Waals surface area contributed by atoms with E-state index < -0.39 is 0 Å². The van der Waals surface area contributed by atoms with Crippen LogP contribution in [0.1, 0.15) is 77.1 Å². The SMILES string of the molecule is CC(C)[C@H](Nc1ccccn1)C(=O)N1CCC[C@H]1c1nc(-c2ccc3cc(-c4ccc5[nH]c([C@@H]6CCCN6C(=O)[C@@H](Nc6ccccn6)C(C)C)nc5c4)ccc3c2)c[nH]1. The van der Waals surface area contributed by atoms with Gasteiger partial charge in [-0.15, -0.1) is 0 Å². The Morgan fingerprint density at radius 1 is 0.650 bits per heavy atom. The molecule has 2 saturated heterocycles. The lowest BCUT2D eigenvalue weighted by Crippen LogP contribution is -2.45. The number of aromatic nitrogens is 6. The monoisotopic (exact) mass is 800 g/mol. The van der Waals surface area contributed by atoms with E-state index in [1.165, 1.54) is 0 Å². The minimum Gasteiger partial charge on any atom is -0.358 e. The van der Waals surface area contributed by atoms with Gasteiger partial charge in [0, 0.05) is 37.2 Å². The molecule has 6 heterocycles. The van der Waals surface area contributed by atoms with Crippen LogP contribution in [0.25, 0.3) is 44.2 Å². The predicted octanol–water partition coefficient (Wildman–Crippen LogP) is 9.16. The molecule has 2 amide bonds. The maximum Gasteiger partial charge on any atom is 0.245 e. The summed E-state index contributed by atoms with van der Waals surface area (Å²) < 4.78 is 0. The largest absolute Gasteiger partial charge is 0.358 e. The van der Waals surface area contributed by atoms with E-state index in [1.807, 2.05) is 52.4 Å². The summed E-state index contributed by atoms with van der Waals surface area (Å²) in [5.41, 5.74) is 5.88. The molecule has 9 rings (SSSR count). The highest BCUT2D eigenvalue weighted by Crippen LogP contribution is 2.36. The lowest BCUT2D eigenvalue weighted by molar-refractivity contribution is -0.134. The summed E-state index contributed by atoms with van der Waals surface area (Å²) in [5, 5.41) is 8.99. The Hall–Kier alpha value is -6.56. The number of fused-ring (bicyclic) bond motifs is 2. The van der Waals surface area contributed by atoms with Crippen LogP contribution < -0.4 is 10.6 Å².